The quantitative estimate of drug-likeness (QED) is 0.352. The van der Waals surface area contributed by atoms with Crippen molar-refractivity contribution in [2.45, 2.75) is 46.2 Å². The molecule has 0 radical (unpaired) electrons. The van der Waals surface area contributed by atoms with E-state index in [-0.39, 0.29) is 11.9 Å². The molecule has 0 spiro atoms. The molecule has 0 saturated heterocycles. The SMILES string of the molecule is Cc1ccc(Cn2nc(C)c(/C=C/C(=O)OCC(=O)Nc3ccccc3C(=O)NC3CC3)c2C)cc1. The molecule has 2 N–H and O–H groups in total. The van der Waals surface area contributed by atoms with Crippen molar-refractivity contribution in [2.75, 3.05) is 11.9 Å². The highest BCUT2D eigenvalue weighted by Gasteiger charge is 2.25. The van der Waals surface area contributed by atoms with Gasteiger partial charge in [0.15, 0.2) is 6.61 Å². The number of amides is 2. The molecule has 3 aromatic rings. The van der Waals surface area contributed by atoms with Gasteiger partial charge in [-0.05, 0) is 57.4 Å². The van der Waals surface area contributed by atoms with E-state index in [2.05, 4.69) is 40.0 Å². The summed E-state index contributed by atoms with van der Waals surface area (Å²) in [4.78, 5) is 37.0. The van der Waals surface area contributed by atoms with Gasteiger partial charge < -0.3 is 15.4 Å². The minimum Gasteiger partial charge on any atom is -0.452 e. The maximum Gasteiger partial charge on any atom is 0.331 e. The number of carbonyl (C=O) groups is 3. The molecule has 2 aromatic carbocycles. The number of para-hydroxylation sites is 1. The number of benzene rings is 2. The van der Waals surface area contributed by atoms with Crippen LogP contribution in [-0.2, 0) is 20.9 Å². The fourth-order valence-corrected chi connectivity index (χ4v) is 3.78. The number of esters is 1. The summed E-state index contributed by atoms with van der Waals surface area (Å²) in [6, 6.07) is 15.2. The fraction of sp³-hybridized carbons (Fsp3) is 0.286. The summed E-state index contributed by atoms with van der Waals surface area (Å²) in [6.45, 7) is 6.04. The molecule has 186 valence electrons. The molecular formula is C28H30N4O4. The van der Waals surface area contributed by atoms with Crippen LogP contribution in [0, 0.1) is 20.8 Å². The third-order valence-electron chi connectivity index (χ3n) is 5.98. The number of hydrogen-bond donors (Lipinski definition) is 2. The van der Waals surface area contributed by atoms with Crippen molar-refractivity contribution in [1.82, 2.24) is 15.1 Å². The van der Waals surface area contributed by atoms with Crippen LogP contribution >= 0.6 is 0 Å². The van der Waals surface area contributed by atoms with E-state index in [1.54, 1.807) is 30.3 Å². The first kappa shape index (κ1) is 24.9. The van der Waals surface area contributed by atoms with Gasteiger partial charge in [0.1, 0.15) is 0 Å². The summed E-state index contributed by atoms with van der Waals surface area (Å²) in [6.07, 6.45) is 4.88. The van der Waals surface area contributed by atoms with Gasteiger partial charge in [-0.15, -0.1) is 0 Å². The Balaban J connectivity index is 1.31. The number of ether oxygens (including phenoxy) is 1. The smallest absolute Gasteiger partial charge is 0.331 e. The molecule has 1 heterocycles. The second-order valence-corrected chi connectivity index (χ2v) is 9.01. The molecule has 1 fully saturated rings. The highest BCUT2D eigenvalue weighted by molar-refractivity contribution is 6.04. The molecule has 0 atom stereocenters. The lowest BCUT2D eigenvalue weighted by Crippen LogP contribution is -2.27. The second-order valence-electron chi connectivity index (χ2n) is 9.01. The predicted octanol–water partition coefficient (Wildman–Crippen LogP) is 3.94. The number of anilines is 1. The van der Waals surface area contributed by atoms with E-state index in [0.29, 0.717) is 17.8 Å². The van der Waals surface area contributed by atoms with Crippen molar-refractivity contribution >= 4 is 29.5 Å². The van der Waals surface area contributed by atoms with Crippen LogP contribution in [-0.4, -0.2) is 40.2 Å². The van der Waals surface area contributed by atoms with Gasteiger partial charge >= 0.3 is 5.97 Å². The van der Waals surface area contributed by atoms with E-state index in [9.17, 15) is 14.4 Å². The molecule has 1 aliphatic rings. The second kappa shape index (κ2) is 11.0. The maximum atomic E-state index is 12.4. The van der Waals surface area contributed by atoms with Gasteiger partial charge in [0.2, 0.25) is 0 Å². The molecule has 1 aliphatic carbocycles. The van der Waals surface area contributed by atoms with Gasteiger partial charge in [0.05, 0.1) is 23.5 Å². The lowest BCUT2D eigenvalue weighted by atomic mass is 10.1. The van der Waals surface area contributed by atoms with Gasteiger partial charge in [-0.1, -0.05) is 42.0 Å². The van der Waals surface area contributed by atoms with Gasteiger partial charge in [-0.2, -0.15) is 5.10 Å². The molecule has 0 unspecified atom stereocenters. The minimum atomic E-state index is -0.644. The van der Waals surface area contributed by atoms with Crippen molar-refractivity contribution in [2.24, 2.45) is 0 Å². The number of nitrogens with one attached hydrogen (secondary N) is 2. The monoisotopic (exact) mass is 486 g/mol. The number of nitrogens with zero attached hydrogens (tertiary/aromatic N) is 2. The molecular weight excluding hydrogens is 456 g/mol. The van der Waals surface area contributed by atoms with Crippen LogP contribution in [0.4, 0.5) is 5.69 Å². The third-order valence-corrected chi connectivity index (χ3v) is 5.98. The zero-order chi connectivity index (χ0) is 25.7. The molecule has 1 saturated carbocycles. The summed E-state index contributed by atoms with van der Waals surface area (Å²) in [5.41, 5.74) is 5.64. The Bertz CT molecular complexity index is 1300. The molecule has 36 heavy (non-hydrogen) atoms. The molecule has 0 bridgehead atoms. The number of rotatable bonds is 9. The van der Waals surface area contributed by atoms with E-state index in [0.717, 1.165) is 35.4 Å². The predicted molar refractivity (Wildman–Crippen MR) is 138 cm³/mol. The lowest BCUT2D eigenvalue weighted by molar-refractivity contribution is -0.142. The summed E-state index contributed by atoms with van der Waals surface area (Å²) < 4.78 is 7.00. The van der Waals surface area contributed by atoms with Crippen molar-refractivity contribution in [3.63, 3.8) is 0 Å². The van der Waals surface area contributed by atoms with Gasteiger partial charge in [-0.25, -0.2) is 4.79 Å². The van der Waals surface area contributed by atoms with Crippen LogP contribution in [0.5, 0.6) is 0 Å². The summed E-state index contributed by atoms with van der Waals surface area (Å²) >= 11 is 0. The van der Waals surface area contributed by atoms with E-state index in [4.69, 9.17) is 4.74 Å². The zero-order valence-electron chi connectivity index (χ0n) is 20.7. The molecule has 8 nitrogen and oxygen atoms in total. The standard InChI is InChI=1S/C28H30N4O4/c1-18-8-10-21(11-9-18)16-32-20(3)23(19(2)31-32)14-15-27(34)36-17-26(33)30-25-7-5-4-6-24(25)28(35)29-22-12-13-22/h4-11,14-15,22H,12-13,16-17H2,1-3H3,(H,29,35)(H,30,33)/b15-14+. The molecule has 1 aromatic heterocycles. The average molecular weight is 487 g/mol. The zero-order valence-corrected chi connectivity index (χ0v) is 20.7. The molecule has 0 aliphatic heterocycles. The van der Waals surface area contributed by atoms with Crippen LogP contribution < -0.4 is 10.6 Å². The topological polar surface area (TPSA) is 102 Å². The number of carbonyl (C=O) groups excluding carboxylic acids is 3. The Morgan fingerprint density at radius 2 is 1.78 bits per heavy atom. The van der Waals surface area contributed by atoms with E-state index < -0.39 is 18.5 Å². The van der Waals surface area contributed by atoms with Crippen LogP contribution in [0.3, 0.4) is 0 Å². The van der Waals surface area contributed by atoms with Crippen LogP contribution in [0.15, 0.2) is 54.6 Å². The third kappa shape index (κ3) is 6.47. The minimum absolute atomic E-state index is 0.205. The first-order valence-corrected chi connectivity index (χ1v) is 11.9. The summed E-state index contributed by atoms with van der Waals surface area (Å²) in [7, 11) is 0. The molecule has 2 amide bonds. The van der Waals surface area contributed by atoms with E-state index in [1.807, 2.05) is 25.5 Å². The number of aromatic nitrogens is 2. The Morgan fingerprint density at radius 3 is 2.50 bits per heavy atom. The summed E-state index contributed by atoms with van der Waals surface area (Å²) in [5, 5.41) is 10.1. The summed E-state index contributed by atoms with van der Waals surface area (Å²) in [5.74, 6) is -1.40. The Labute approximate surface area is 210 Å². The van der Waals surface area contributed by atoms with Gasteiger partial charge in [-0.3, -0.25) is 14.3 Å². The van der Waals surface area contributed by atoms with Gasteiger partial charge in [0.25, 0.3) is 11.8 Å². The largest absolute Gasteiger partial charge is 0.452 e. The van der Waals surface area contributed by atoms with Crippen LogP contribution in [0.2, 0.25) is 0 Å². The number of hydrogen-bond acceptors (Lipinski definition) is 5. The van der Waals surface area contributed by atoms with Crippen LogP contribution in [0.25, 0.3) is 6.08 Å². The average Bonchev–Trinajstić information content (AvgIpc) is 3.63. The maximum absolute atomic E-state index is 12.4. The normalized spacial score (nSPS) is 13.0. The highest BCUT2D eigenvalue weighted by atomic mass is 16.5. The van der Waals surface area contributed by atoms with Crippen molar-refractivity contribution < 1.29 is 19.1 Å². The first-order valence-electron chi connectivity index (χ1n) is 11.9. The van der Waals surface area contributed by atoms with Crippen LogP contribution in [0.1, 0.15) is 51.3 Å². The highest BCUT2D eigenvalue weighted by Crippen LogP contribution is 2.22. The first-order chi connectivity index (χ1) is 17.3. The van der Waals surface area contributed by atoms with Crippen molar-refractivity contribution in [3.05, 3.63) is 88.2 Å². The lowest BCUT2D eigenvalue weighted by Gasteiger charge is -2.11. The van der Waals surface area contributed by atoms with Crippen molar-refractivity contribution in [3.8, 4) is 0 Å². The van der Waals surface area contributed by atoms with E-state index in [1.165, 1.54) is 11.6 Å². The number of aryl methyl sites for hydroxylation is 2. The Hall–Kier alpha value is -4.20. The Kier molecular flexibility index (Phi) is 7.63. The Morgan fingerprint density at radius 1 is 1.06 bits per heavy atom. The molecule has 4 rings (SSSR count). The molecule has 8 heteroatoms. The fourth-order valence-electron chi connectivity index (χ4n) is 3.78. The van der Waals surface area contributed by atoms with Gasteiger partial charge in [0, 0.05) is 23.4 Å². The van der Waals surface area contributed by atoms with Crippen molar-refractivity contribution in [1.29, 1.82) is 0 Å². The van der Waals surface area contributed by atoms with E-state index >= 15 is 0 Å².